The number of allylic oxidation sites excluding steroid dienone is 1. The third kappa shape index (κ3) is 3.82. The minimum atomic E-state index is -0.512. The molecule has 0 fully saturated rings. The number of rotatable bonds is 4. The zero-order valence-corrected chi connectivity index (χ0v) is 18.7. The van der Waals surface area contributed by atoms with E-state index < -0.39 is 6.04 Å². The molecule has 0 saturated heterocycles. The molecule has 8 heteroatoms. The summed E-state index contributed by atoms with van der Waals surface area (Å²) in [4.78, 5) is 32.6. The van der Waals surface area contributed by atoms with E-state index in [0.29, 0.717) is 22.9 Å². The number of thiazole rings is 1. The van der Waals surface area contributed by atoms with Gasteiger partial charge in [-0.25, -0.2) is 4.98 Å². The van der Waals surface area contributed by atoms with Crippen LogP contribution in [-0.2, 0) is 9.59 Å². The Hall–Kier alpha value is -3.39. The normalized spacial score (nSPS) is 19.6. The quantitative estimate of drug-likeness (QED) is 0.585. The van der Waals surface area contributed by atoms with Crippen molar-refractivity contribution in [2.24, 2.45) is 5.41 Å². The average Bonchev–Trinajstić information content (AvgIpc) is 3.41. The van der Waals surface area contributed by atoms with E-state index in [1.165, 1.54) is 11.3 Å². The van der Waals surface area contributed by atoms with Crippen molar-refractivity contribution in [1.29, 1.82) is 0 Å². The van der Waals surface area contributed by atoms with Crippen molar-refractivity contribution in [3.8, 4) is 0 Å². The van der Waals surface area contributed by atoms with Crippen LogP contribution in [0.1, 0.15) is 38.5 Å². The van der Waals surface area contributed by atoms with Gasteiger partial charge >= 0.3 is 0 Å². The zero-order chi connectivity index (χ0) is 22.3. The van der Waals surface area contributed by atoms with E-state index in [9.17, 15) is 9.59 Å². The molecule has 1 aromatic carbocycles. The van der Waals surface area contributed by atoms with Gasteiger partial charge in [0.25, 0.3) is 0 Å². The fourth-order valence-electron chi connectivity index (χ4n) is 4.57. The number of hydrogen-bond donors (Lipinski definition) is 2. The van der Waals surface area contributed by atoms with E-state index in [0.717, 1.165) is 23.5 Å². The molecule has 0 bridgehead atoms. The largest absolute Gasteiger partial charge is 0.467 e. The summed E-state index contributed by atoms with van der Waals surface area (Å²) in [6, 6.07) is 11.0. The number of hydrogen-bond acceptors (Lipinski definition) is 7. The van der Waals surface area contributed by atoms with Crippen molar-refractivity contribution in [3.05, 3.63) is 71.3 Å². The molecule has 3 heterocycles. The number of anilines is 3. The number of nitrogens with one attached hydrogen (secondary N) is 2. The van der Waals surface area contributed by atoms with Crippen LogP contribution >= 0.6 is 11.3 Å². The van der Waals surface area contributed by atoms with E-state index >= 15 is 0 Å². The lowest BCUT2D eigenvalue weighted by Gasteiger charge is -2.36. The minimum Gasteiger partial charge on any atom is -0.467 e. The first-order chi connectivity index (χ1) is 15.4. The lowest BCUT2D eigenvalue weighted by atomic mass is 9.74. The maximum Gasteiger partial charge on any atom is 0.245 e. The van der Waals surface area contributed by atoms with Gasteiger partial charge in [0.15, 0.2) is 10.9 Å². The van der Waals surface area contributed by atoms with E-state index in [2.05, 4.69) is 29.5 Å². The number of ketones is 1. The fraction of sp³-hybridized carbons (Fsp3) is 0.292. The van der Waals surface area contributed by atoms with Crippen molar-refractivity contribution < 1.29 is 14.0 Å². The first-order valence-electron chi connectivity index (χ1n) is 10.5. The van der Waals surface area contributed by atoms with Crippen molar-refractivity contribution in [3.63, 3.8) is 0 Å². The Kier molecular flexibility index (Phi) is 5.09. The van der Waals surface area contributed by atoms with Crippen molar-refractivity contribution >= 4 is 39.5 Å². The molecule has 2 aliphatic rings. The van der Waals surface area contributed by atoms with Gasteiger partial charge in [-0.3, -0.25) is 9.59 Å². The average molecular weight is 449 g/mol. The number of nitrogens with zero attached hydrogens (tertiary/aromatic N) is 2. The van der Waals surface area contributed by atoms with Crippen LogP contribution in [0.4, 0.5) is 16.5 Å². The summed E-state index contributed by atoms with van der Waals surface area (Å²) >= 11 is 1.36. The summed E-state index contributed by atoms with van der Waals surface area (Å²) < 4.78 is 5.81. The van der Waals surface area contributed by atoms with Crippen LogP contribution in [0.3, 0.4) is 0 Å². The van der Waals surface area contributed by atoms with E-state index in [1.807, 2.05) is 46.7 Å². The second kappa shape index (κ2) is 7.94. The molecule has 1 atom stereocenters. The number of Topliss-reactive ketones (excluding diaryl/α,β-unsaturated/α-hetero) is 1. The molecule has 2 N–H and O–H groups in total. The minimum absolute atomic E-state index is 0.0388. The monoisotopic (exact) mass is 448 g/mol. The molecule has 1 unspecified atom stereocenters. The van der Waals surface area contributed by atoms with Gasteiger partial charge in [-0.05, 0) is 36.1 Å². The number of amides is 1. The summed E-state index contributed by atoms with van der Waals surface area (Å²) in [5.74, 6) is 0.494. The van der Waals surface area contributed by atoms with E-state index in [1.54, 1.807) is 12.5 Å². The van der Waals surface area contributed by atoms with Crippen molar-refractivity contribution in [1.82, 2.24) is 4.98 Å². The molecule has 32 heavy (non-hydrogen) atoms. The second-order valence-electron chi connectivity index (χ2n) is 8.91. The highest BCUT2D eigenvalue weighted by molar-refractivity contribution is 7.13. The van der Waals surface area contributed by atoms with Crippen LogP contribution in [0, 0.1) is 5.41 Å². The molecule has 0 spiro atoms. The van der Waals surface area contributed by atoms with Gasteiger partial charge in [0.1, 0.15) is 11.8 Å². The number of para-hydroxylation sites is 2. The van der Waals surface area contributed by atoms with Gasteiger partial charge in [0.2, 0.25) is 5.91 Å². The molecule has 0 saturated carbocycles. The summed E-state index contributed by atoms with van der Waals surface area (Å²) in [6.45, 7) is 4.25. The molecule has 3 aromatic rings. The molecule has 0 radical (unpaired) electrons. The van der Waals surface area contributed by atoms with Gasteiger partial charge in [0, 0.05) is 29.3 Å². The smallest absolute Gasteiger partial charge is 0.245 e. The molecular formula is C24H24N4O3S. The SMILES string of the molecule is CC1(C)CC(=O)C2=C(C1)Nc1ccccc1N(CC(=O)Nc1nccs1)C2c1ccco1. The summed E-state index contributed by atoms with van der Waals surface area (Å²) in [7, 11) is 0. The molecule has 164 valence electrons. The van der Waals surface area contributed by atoms with Crippen molar-refractivity contribution in [2.45, 2.75) is 32.7 Å². The molecule has 2 aromatic heterocycles. The first kappa shape index (κ1) is 20.5. The van der Waals surface area contributed by atoms with Crippen LogP contribution < -0.4 is 15.5 Å². The second-order valence-corrected chi connectivity index (χ2v) is 9.80. The third-order valence-electron chi connectivity index (χ3n) is 5.81. The highest BCUT2D eigenvalue weighted by Crippen LogP contribution is 2.48. The molecule has 1 aliphatic carbocycles. The molecule has 1 amide bonds. The lowest BCUT2D eigenvalue weighted by molar-refractivity contribution is -0.119. The Morgan fingerprint density at radius 2 is 2.12 bits per heavy atom. The standard InChI is InChI=1S/C24H24N4O3S/c1-24(2)12-16-21(18(29)13-24)22(19-8-5-10-31-19)28(17-7-4-3-6-15(17)26-16)14-20(30)27-23-25-9-11-32-23/h3-11,22,26H,12-14H2,1-2H3,(H,25,27,30). The summed E-state index contributed by atoms with van der Waals surface area (Å²) in [5, 5.41) is 8.73. The summed E-state index contributed by atoms with van der Waals surface area (Å²) in [5.41, 5.74) is 3.11. The Bertz CT molecular complexity index is 1180. The molecule has 5 rings (SSSR count). The van der Waals surface area contributed by atoms with E-state index in [4.69, 9.17) is 4.42 Å². The van der Waals surface area contributed by atoms with Crippen LogP contribution in [0.25, 0.3) is 0 Å². The number of carbonyl (C=O) groups is 2. The molecular weight excluding hydrogens is 424 g/mol. The van der Waals surface area contributed by atoms with Crippen LogP contribution in [0.5, 0.6) is 0 Å². The lowest BCUT2D eigenvalue weighted by Crippen LogP contribution is -2.40. The number of fused-ring (bicyclic) bond motifs is 1. The highest BCUT2D eigenvalue weighted by Gasteiger charge is 2.42. The Morgan fingerprint density at radius 3 is 2.88 bits per heavy atom. The maximum atomic E-state index is 13.5. The fourth-order valence-corrected chi connectivity index (χ4v) is 5.11. The number of benzene rings is 1. The molecule has 7 nitrogen and oxygen atoms in total. The Balaban J connectivity index is 1.63. The maximum absolute atomic E-state index is 13.5. The number of carbonyl (C=O) groups excluding carboxylic acids is 2. The zero-order valence-electron chi connectivity index (χ0n) is 17.9. The van der Waals surface area contributed by atoms with Gasteiger partial charge in [-0.2, -0.15) is 0 Å². The third-order valence-corrected chi connectivity index (χ3v) is 6.50. The Labute approximate surface area is 190 Å². The van der Waals surface area contributed by atoms with Gasteiger partial charge in [-0.15, -0.1) is 11.3 Å². The van der Waals surface area contributed by atoms with Gasteiger partial charge in [0.05, 0.1) is 24.2 Å². The van der Waals surface area contributed by atoms with Crippen LogP contribution in [-0.4, -0.2) is 23.2 Å². The topological polar surface area (TPSA) is 87.5 Å². The first-order valence-corrected chi connectivity index (χ1v) is 11.4. The number of aromatic nitrogens is 1. The summed E-state index contributed by atoms with van der Waals surface area (Å²) in [6.07, 6.45) is 4.43. The van der Waals surface area contributed by atoms with Crippen LogP contribution in [0.2, 0.25) is 0 Å². The van der Waals surface area contributed by atoms with Gasteiger partial charge in [-0.1, -0.05) is 26.0 Å². The predicted molar refractivity (Wildman–Crippen MR) is 125 cm³/mol. The highest BCUT2D eigenvalue weighted by atomic mass is 32.1. The molecule has 1 aliphatic heterocycles. The number of furan rings is 1. The Morgan fingerprint density at radius 1 is 1.28 bits per heavy atom. The van der Waals surface area contributed by atoms with Gasteiger partial charge < -0.3 is 20.0 Å². The van der Waals surface area contributed by atoms with Crippen LogP contribution in [0.15, 0.2) is 69.9 Å². The van der Waals surface area contributed by atoms with E-state index in [-0.39, 0.29) is 23.7 Å². The predicted octanol–water partition coefficient (Wildman–Crippen LogP) is 4.99. The van der Waals surface area contributed by atoms with Crippen molar-refractivity contribution in [2.75, 3.05) is 22.1 Å².